The van der Waals surface area contributed by atoms with Crippen LogP contribution in [0.25, 0.3) is 0 Å². The Morgan fingerprint density at radius 3 is 2.57 bits per heavy atom. The van der Waals surface area contributed by atoms with E-state index in [2.05, 4.69) is 26.1 Å². The van der Waals surface area contributed by atoms with Gasteiger partial charge in [-0.2, -0.15) is 5.10 Å². The minimum Gasteiger partial charge on any atom is -0.368 e. The molecule has 1 aromatic rings. The van der Waals surface area contributed by atoms with Gasteiger partial charge in [0.25, 0.3) is 5.91 Å². The van der Waals surface area contributed by atoms with Crippen molar-refractivity contribution in [3.63, 3.8) is 0 Å². The third-order valence-corrected chi connectivity index (χ3v) is 5.21. The van der Waals surface area contributed by atoms with Crippen LogP contribution in [0, 0.1) is 11.8 Å². The lowest BCUT2D eigenvalue weighted by Gasteiger charge is -2.26. The second-order valence-corrected chi connectivity index (χ2v) is 7.50. The summed E-state index contributed by atoms with van der Waals surface area (Å²) in [5.74, 6) is -1.74. The monoisotopic (exact) mass is 390 g/mol. The fourth-order valence-electron chi connectivity index (χ4n) is 3.40. The molecule has 152 valence electrons. The minimum atomic E-state index is -0.966. The highest BCUT2D eigenvalue weighted by Crippen LogP contribution is 2.33. The lowest BCUT2D eigenvalue weighted by molar-refractivity contribution is -0.131. The van der Waals surface area contributed by atoms with Crippen LogP contribution in [0.2, 0.25) is 0 Å². The van der Waals surface area contributed by atoms with Gasteiger partial charge in [0.1, 0.15) is 17.8 Å². The van der Waals surface area contributed by atoms with Crippen LogP contribution in [0.4, 0.5) is 0 Å². The number of rotatable bonds is 9. The number of aromatic amines is 1. The van der Waals surface area contributed by atoms with Crippen molar-refractivity contribution in [3.8, 4) is 0 Å². The summed E-state index contributed by atoms with van der Waals surface area (Å²) in [5.41, 5.74) is 5.70. The van der Waals surface area contributed by atoms with Crippen LogP contribution >= 0.6 is 0 Å². The molecule has 0 spiro atoms. The molecule has 1 saturated heterocycles. The fourth-order valence-corrected chi connectivity index (χ4v) is 3.40. The van der Waals surface area contributed by atoms with Crippen molar-refractivity contribution >= 4 is 23.6 Å². The van der Waals surface area contributed by atoms with Gasteiger partial charge in [0, 0.05) is 18.7 Å². The standard InChI is InChI=1S/C18H26N6O4/c19-15(25)13(9-11-2-1-6-20-16(11)26)22-18(28)14(8-10-3-4-10)23-17(27)12-5-7-21-24-12/h5,7,10-11,13-14H,1-4,6,8-9H2,(H2,19,25)(H,20,26)(H,21,24)(H,22,28)(H,23,27)/t11-,13-,14-/m0/s1. The molecule has 0 radical (unpaired) electrons. The van der Waals surface area contributed by atoms with Crippen LogP contribution in [-0.2, 0) is 14.4 Å². The lowest BCUT2D eigenvalue weighted by atomic mass is 9.91. The average Bonchev–Trinajstić information content (AvgIpc) is 3.30. The maximum atomic E-state index is 12.8. The molecule has 0 aromatic carbocycles. The molecular weight excluding hydrogens is 364 g/mol. The lowest BCUT2D eigenvalue weighted by Crippen LogP contribution is -2.54. The predicted octanol–water partition coefficient (Wildman–Crippen LogP) is -0.805. The van der Waals surface area contributed by atoms with Crippen molar-refractivity contribution < 1.29 is 19.2 Å². The smallest absolute Gasteiger partial charge is 0.269 e. The van der Waals surface area contributed by atoms with Gasteiger partial charge in [-0.3, -0.25) is 24.3 Å². The second kappa shape index (κ2) is 8.85. The van der Waals surface area contributed by atoms with E-state index in [-0.39, 0.29) is 23.9 Å². The number of amides is 4. The highest BCUT2D eigenvalue weighted by Gasteiger charge is 2.34. The van der Waals surface area contributed by atoms with Crippen LogP contribution in [0.15, 0.2) is 12.3 Å². The van der Waals surface area contributed by atoms with E-state index in [4.69, 9.17) is 5.73 Å². The van der Waals surface area contributed by atoms with Crippen molar-refractivity contribution in [2.75, 3.05) is 6.54 Å². The summed E-state index contributed by atoms with van der Waals surface area (Å²) < 4.78 is 0. The topological polar surface area (TPSA) is 159 Å². The van der Waals surface area contributed by atoms with Crippen LogP contribution in [0.1, 0.15) is 49.0 Å². The van der Waals surface area contributed by atoms with E-state index in [0.29, 0.717) is 25.3 Å². The maximum Gasteiger partial charge on any atom is 0.269 e. The summed E-state index contributed by atoms with van der Waals surface area (Å²) in [7, 11) is 0. The first-order chi connectivity index (χ1) is 13.4. The van der Waals surface area contributed by atoms with E-state index < -0.39 is 29.8 Å². The molecule has 6 N–H and O–H groups in total. The Kier molecular flexibility index (Phi) is 6.27. The van der Waals surface area contributed by atoms with E-state index in [9.17, 15) is 19.2 Å². The molecule has 0 bridgehead atoms. The number of nitrogens with zero attached hydrogens (tertiary/aromatic N) is 1. The number of nitrogens with one attached hydrogen (secondary N) is 4. The van der Waals surface area contributed by atoms with Crippen LogP contribution in [0.3, 0.4) is 0 Å². The van der Waals surface area contributed by atoms with Crippen molar-refractivity contribution in [2.24, 2.45) is 17.6 Å². The number of hydrogen-bond acceptors (Lipinski definition) is 5. The Hall–Kier alpha value is -2.91. The van der Waals surface area contributed by atoms with Gasteiger partial charge in [-0.15, -0.1) is 0 Å². The predicted molar refractivity (Wildman–Crippen MR) is 98.7 cm³/mol. The second-order valence-electron chi connectivity index (χ2n) is 7.50. The summed E-state index contributed by atoms with van der Waals surface area (Å²) in [5, 5.41) is 14.4. The van der Waals surface area contributed by atoms with Gasteiger partial charge < -0.3 is 21.7 Å². The molecule has 3 atom stereocenters. The van der Waals surface area contributed by atoms with E-state index >= 15 is 0 Å². The summed E-state index contributed by atoms with van der Waals surface area (Å²) >= 11 is 0. The molecule has 10 nitrogen and oxygen atoms in total. The first kappa shape index (κ1) is 19.8. The number of carbonyl (C=O) groups excluding carboxylic acids is 4. The largest absolute Gasteiger partial charge is 0.368 e. The number of aromatic nitrogens is 2. The molecule has 2 fully saturated rings. The van der Waals surface area contributed by atoms with Gasteiger partial charge in [-0.25, -0.2) is 0 Å². The molecule has 28 heavy (non-hydrogen) atoms. The fraction of sp³-hybridized carbons (Fsp3) is 0.611. The normalized spacial score (nSPS) is 21.3. The number of carbonyl (C=O) groups is 4. The van der Waals surface area contributed by atoms with Crippen molar-refractivity contribution in [2.45, 2.75) is 50.6 Å². The summed E-state index contributed by atoms with van der Waals surface area (Å²) in [6.45, 7) is 0.617. The number of piperidine rings is 1. The highest BCUT2D eigenvalue weighted by molar-refractivity contribution is 5.97. The maximum absolute atomic E-state index is 12.8. The summed E-state index contributed by atoms with van der Waals surface area (Å²) in [4.78, 5) is 48.9. The van der Waals surface area contributed by atoms with Gasteiger partial charge in [0.2, 0.25) is 17.7 Å². The minimum absolute atomic E-state index is 0.131. The van der Waals surface area contributed by atoms with Crippen molar-refractivity contribution in [1.29, 1.82) is 0 Å². The van der Waals surface area contributed by atoms with E-state index in [1.165, 1.54) is 12.3 Å². The van der Waals surface area contributed by atoms with Crippen LogP contribution < -0.4 is 21.7 Å². The molecule has 2 aliphatic rings. The Balaban J connectivity index is 1.63. The van der Waals surface area contributed by atoms with Crippen molar-refractivity contribution in [1.82, 2.24) is 26.1 Å². The zero-order valence-corrected chi connectivity index (χ0v) is 15.6. The molecule has 1 aromatic heterocycles. The third-order valence-electron chi connectivity index (χ3n) is 5.21. The molecule has 3 rings (SSSR count). The first-order valence-corrected chi connectivity index (χ1v) is 9.61. The van der Waals surface area contributed by atoms with Gasteiger partial charge >= 0.3 is 0 Å². The Bertz CT molecular complexity index is 730. The molecule has 1 saturated carbocycles. The SMILES string of the molecule is NC(=O)[C@H](C[C@@H]1CCCNC1=O)NC(=O)[C@H](CC1CC1)NC(=O)c1ccn[nH]1. The number of hydrogen-bond donors (Lipinski definition) is 5. The van der Waals surface area contributed by atoms with E-state index in [1.54, 1.807) is 0 Å². The summed E-state index contributed by atoms with van der Waals surface area (Å²) in [6.07, 6.45) is 5.56. The van der Waals surface area contributed by atoms with Crippen LogP contribution in [-0.4, -0.2) is 52.5 Å². The Morgan fingerprint density at radius 2 is 1.96 bits per heavy atom. The quantitative estimate of drug-likeness (QED) is 0.372. The Morgan fingerprint density at radius 1 is 1.18 bits per heavy atom. The number of H-pyrrole nitrogens is 1. The average molecular weight is 390 g/mol. The zero-order chi connectivity index (χ0) is 20.1. The van der Waals surface area contributed by atoms with Gasteiger partial charge in [-0.1, -0.05) is 12.8 Å². The first-order valence-electron chi connectivity index (χ1n) is 9.61. The molecule has 10 heteroatoms. The molecule has 1 aliphatic heterocycles. The van der Waals surface area contributed by atoms with E-state index in [1.807, 2.05) is 0 Å². The highest BCUT2D eigenvalue weighted by atomic mass is 16.2. The third kappa shape index (κ3) is 5.30. The molecule has 1 aliphatic carbocycles. The zero-order valence-electron chi connectivity index (χ0n) is 15.6. The number of primary amides is 1. The van der Waals surface area contributed by atoms with Crippen molar-refractivity contribution in [3.05, 3.63) is 18.0 Å². The summed E-state index contributed by atoms with van der Waals surface area (Å²) in [6, 6.07) is -0.243. The molecule has 2 heterocycles. The molecular formula is C18H26N6O4. The van der Waals surface area contributed by atoms with Gasteiger partial charge in [-0.05, 0) is 37.7 Å². The van der Waals surface area contributed by atoms with Gasteiger partial charge in [0.15, 0.2) is 0 Å². The van der Waals surface area contributed by atoms with Crippen LogP contribution in [0.5, 0.6) is 0 Å². The molecule has 0 unspecified atom stereocenters. The number of nitrogens with two attached hydrogens (primary N) is 1. The van der Waals surface area contributed by atoms with E-state index in [0.717, 1.165) is 19.3 Å². The Labute approximate surface area is 162 Å². The molecule has 4 amide bonds. The van der Waals surface area contributed by atoms with Gasteiger partial charge in [0.05, 0.1) is 0 Å².